The summed E-state index contributed by atoms with van der Waals surface area (Å²) in [5.41, 5.74) is 1.04. The van der Waals surface area contributed by atoms with Crippen LogP contribution in [0, 0.1) is 0 Å². The highest BCUT2D eigenvalue weighted by Gasteiger charge is 2.39. The standard InChI is InChI=1S/C19H22N6O2/c26-18-16(12-15-4-2-1-3-5-15)22-19(27)25(18)14-23-8-10-24(11-9-23)17-13-20-6-7-21-17/h1-7,13,16H,8-12,14H2,(H,22,27). The summed E-state index contributed by atoms with van der Waals surface area (Å²) in [5.74, 6) is 0.704. The molecule has 2 aromatic rings. The second kappa shape index (κ2) is 7.71. The van der Waals surface area contributed by atoms with Gasteiger partial charge in [-0.2, -0.15) is 0 Å². The number of carbonyl (C=O) groups is 2. The molecule has 1 aromatic carbocycles. The van der Waals surface area contributed by atoms with Crippen LogP contribution >= 0.6 is 0 Å². The number of nitrogens with zero attached hydrogens (tertiary/aromatic N) is 5. The van der Waals surface area contributed by atoms with Gasteiger partial charge in [0.05, 0.1) is 12.9 Å². The molecule has 3 amide bonds. The maximum atomic E-state index is 12.7. The van der Waals surface area contributed by atoms with E-state index in [-0.39, 0.29) is 11.9 Å². The van der Waals surface area contributed by atoms with E-state index in [9.17, 15) is 9.59 Å². The van der Waals surface area contributed by atoms with Crippen molar-refractivity contribution >= 4 is 17.8 Å². The predicted molar refractivity (Wildman–Crippen MR) is 100.0 cm³/mol. The number of hydrogen-bond donors (Lipinski definition) is 1. The Balaban J connectivity index is 1.32. The largest absolute Gasteiger partial charge is 0.353 e. The average Bonchev–Trinajstić information content (AvgIpc) is 2.97. The summed E-state index contributed by atoms with van der Waals surface area (Å²) in [4.78, 5) is 39.0. The topological polar surface area (TPSA) is 81.7 Å². The maximum Gasteiger partial charge on any atom is 0.325 e. The fraction of sp³-hybridized carbons (Fsp3) is 0.368. The highest BCUT2D eigenvalue weighted by atomic mass is 16.2. The molecule has 0 spiro atoms. The van der Waals surface area contributed by atoms with Crippen molar-refractivity contribution in [1.82, 2.24) is 25.1 Å². The summed E-state index contributed by atoms with van der Waals surface area (Å²) in [6.07, 6.45) is 5.61. The van der Waals surface area contributed by atoms with Gasteiger partial charge >= 0.3 is 6.03 Å². The molecule has 4 rings (SSSR count). The summed E-state index contributed by atoms with van der Waals surface area (Å²) in [6.45, 7) is 3.42. The van der Waals surface area contributed by atoms with E-state index < -0.39 is 6.04 Å². The molecule has 2 saturated heterocycles. The molecule has 0 bridgehead atoms. The zero-order valence-corrected chi connectivity index (χ0v) is 15.0. The van der Waals surface area contributed by atoms with Crippen LogP contribution in [-0.4, -0.2) is 70.6 Å². The van der Waals surface area contributed by atoms with Crippen LogP contribution in [0.15, 0.2) is 48.9 Å². The lowest BCUT2D eigenvalue weighted by molar-refractivity contribution is -0.129. The summed E-state index contributed by atoms with van der Waals surface area (Å²) in [6, 6.07) is 8.95. The van der Waals surface area contributed by atoms with E-state index in [1.165, 1.54) is 4.90 Å². The molecule has 2 aliphatic heterocycles. The summed E-state index contributed by atoms with van der Waals surface area (Å²) in [7, 11) is 0. The lowest BCUT2D eigenvalue weighted by Gasteiger charge is -2.36. The van der Waals surface area contributed by atoms with Gasteiger partial charge in [0.1, 0.15) is 11.9 Å². The number of nitrogens with one attached hydrogen (secondary N) is 1. The number of carbonyl (C=O) groups excluding carboxylic acids is 2. The highest BCUT2D eigenvalue weighted by Crippen LogP contribution is 2.15. The number of anilines is 1. The van der Waals surface area contributed by atoms with Crippen molar-refractivity contribution < 1.29 is 9.59 Å². The molecule has 8 nitrogen and oxygen atoms in total. The first-order valence-electron chi connectivity index (χ1n) is 9.10. The lowest BCUT2D eigenvalue weighted by atomic mass is 10.1. The van der Waals surface area contributed by atoms with Crippen molar-refractivity contribution in [1.29, 1.82) is 0 Å². The third-order valence-corrected chi connectivity index (χ3v) is 4.98. The van der Waals surface area contributed by atoms with E-state index in [4.69, 9.17) is 0 Å². The highest BCUT2D eigenvalue weighted by molar-refractivity contribution is 6.04. The number of hydrogen-bond acceptors (Lipinski definition) is 6. The number of urea groups is 1. The third kappa shape index (κ3) is 3.90. The smallest absolute Gasteiger partial charge is 0.325 e. The van der Waals surface area contributed by atoms with Crippen molar-refractivity contribution in [2.75, 3.05) is 37.7 Å². The number of imide groups is 1. The van der Waals surface area contributed by atoms with Gasteiger partial charge in [-0.3, -0.25) is 14.7 Å². The van der Waals surface area contributed by atoms with E-state index >= 15 is 0 Å². The predicted octanol–water partition coefficient (Wildman–Crippen LogP) is 0.719. The Bertz CT molecular complexity index is 792. The average molecular weight is 366 g/mol. The molecular formula is C19H22N6O2. The van der Waals surface area contributed by atoms with Crippen LogP contribution in [0.2, 0.25) is 0 Å². The minimum atomic E-state index is -0.485. The van der Waals surface area contributed by atoms with Gasteiger partial charge in [0.15, 0.2) is 0 Å². The Morgan fingerprint density at radius 2 is 1.81 bits per heavy atom. The number of piperazine rings is 1. The molecule has 0 radical (unpaired) electrons. The van der Waals surface area contributed by atoms with Crippen LogP contribution in [0.3, 0.4) is 0 Å². The Morgan fingerprint density at radius 1 is 1.04 bits per heavy atom. The van der Waals surface area contributed by atoms with Gasteiger partial charge in [-0.05, 0) is 5.56 Å². The van der Waals surface area contributed by atoms with Gasteiger partial charge in [-0.1, -0.05) is 30.3 Å². The Morgan fingerprint density at radius 3 is 2.52 bits per heavy atom. The summed E-state index contributed by atoms with van der Waals surface area (Å²) < 4.78 is 0. The zero-order chi connectivity index (χ0) is 18.6. The minimum Gasteiger partial charge on any atom is -0.353 e. The van der Waals surface area contributed by atoms with Crippen molar-refractivity contribution in [3.63, 3.8) is 0 Å². The van der Waals surface area contributed by atoms with Gasteiger partial charge in [0, 0.05) is 45.0 Å². The SMILES string of the molecule is O=C1NC(Cc2ccccc2)C(=O)N1CN1CCN(c2cnccn2)CC1. The number of benzene rings is 1. The van der Waals surface area contributed by atoms with Crippen LogP contribution in [0.1, 0.15) is 5.56 Å². The molecule has 3 heterocycles. The molecule has 27 heavy (non-hydrogen) atoms. The first-order chi connectivity index (χ1) is 13.2. The maximum absolute atomic E-state index is 12.7. The van der Waals surface area contributed by atoms with E-state index in [1.54, 1.807) is 18.6 Å². The van der Waals surface area contributed by atoms with Crippen LogP contribution < -0.4 is 10.2 Å². The first-order valence-corrected chi connectivity index (χ1v) is 9.10. The van der Waals surface area contributed by atoms with Crippen LogP contribution in [-0.2, 0) is 11.2 Å². The van der Waals surface area contributed by atoms with E-state index in [1.807, 2.05) is 30.3 Å². The normalized spacial score (nSPS) is 20.8. The molecule has 0 saturated carbocycles. The molecule has 1 atom stereocenters. The number of rotatable bonds is 5. The van der Waals surface area contributed by atoms with Crippen molar-refractivity contribution in [2.45, 2.75) is 12.5 Å². The van der Waals surface area contributed by atoms with Crippen LogP contribution in [0.25, 0.3) is 0 Å². The molecule has 2 aliphatic rings. The molecule has 140 valence electrons. The Labute approximate surface area is 157 Å². The summed E-state index contributed by atoms with van der Waals surface area (Å²) in [5, 5.41) is 2.81. The van der Waals surface area contributed by atoms with Crippen molar-refractivity contribution in [3.05, 3.63) is 54.5 Å². The minimum absolute atomic E-state index is 0.153. The number of aromatic nitrogens is 2. The Hall–Kier alpha value is -3.00. The molecule has 1 unspecified atom stereocenters. The van der Waals surface area contributed by atoms with Crippen LogP contribution in [0.5, 0.6) is 0 Å². The Kier molecular flexibility index (Phi) is 4.97. The van der Waals surface area contributed by atoms with Gasteiger partial charge in [0.25, 0.3) is 5.91 Å². The monoisotopic (exact) mass is 366 g/mol. The van der Waals surface area contributed by atoms with E-state index in [0.29, 0.717) is 13.1 Å². The second-order valence-electron chi connectivity index (χ2n) is 6.77. The molecule has 8 heteroatoms. The number of amides is 3. The van der Waals surface area contributed by atoms with Gasteiger partial charge in [-0.25, -0.2) is 14.7 Å². The lowest BCUT2D eigenvalue weighted by Crippen LogP contribution is -2.51. The molecule has 1 N–H and O–H groups in total. The third-order valence-electron chi connectivity index (χ3n) is 4.98. The molecular weight excluding hydrogens is 344 g/mol. The summed E-state index contributed by atoms with van der Waals surface area (Å²) >= 11 is 0. The molecule has 0 aliphatic carbocycles. The van der Waals surface area contributed by atoms with Gasteiger partial charge < -0.3 is 10.2 Å². The fourth-order valence-electron chi connectivity index (χ4n) is 3.47. The molecule has 1 aromatic heterocycles. The van der Waals surface area contributed by atoms with Crippen LogP contribution in [0.4, 0.5) is 10.6 Å². The zero-order valence-electron chi connectivity index (χ0n) is 15.0. The fourth-order valence-corrected chi connectivity index (χ4v) is 3.47. The van der Waals surface area contributed by atoms with Gasteiger partial charge in [-0.15, -0.1) is 0 Å². The second-order valence-corrected chi connectivity index (χ2v) is 6.77. The van der Waals surface area contributed by atoms with E-state index in [0.717, 1.165) is 37.6 Å². The quantitative estimate of drug-likeness (QED) is 0.786. The first kappa shape index (κ1) is 17.4. The van der Waals surface area contributed by atoms with Crippen molar-refractivity contribution in [3.8, 4) is 0 Å². The van der Waals surface area contributed by atoms with Gasteiger partial charge in [0.2, 0.25) is 0 Å². The van der Waals surface area contributed by atoms with E-state index in [2.05, 4.69) is 25.1 Å². The molecule has 2 fully saturated rings. The van der Waals surface area contributed by atoms with Crippen molar-refractivity contribution in [2.24, 2.45) is 0 Å².